The molecule has 0 spiro atoms. The van der Waals surface area contributed by atoms with Gasteiger partial charge >= 0.3 is 6.03 Å². The average Bonchev–Trinajstić information content (AvgIpc) is 2.89. The van der Waals surface area contributed by atoms with Crippen LogP contribution in [0.5, 0.6) is 5.75 Å². The van der Waals surface area contributed by atoms with Crippen LogP contribution in [0.2, 0.25) is 0 Å². The summed E-state index contributed by atoms with van der Waals surface area (Å²) in [5.41, 5.74) is 0.917. The Kier molecular flexibility index (Phi) is 5.02. The average molecular weight is 351 g/mol. The number of carbonyl (C=O) groups excluding carboxylic acids is 2. The van der Waals surface area contributed by atoms with Gasteiger partial charge in [-0.25, -0.2) is 4.79 Å². The lowest BCUT2D eigenvalue weighted by atomic mass is 10.00. The molecule has 0 radical (unpaired) electrons. The van der Waals surface area contributed by atoms with Crippen molar-refractivity contribution in [3.63, 3.8) is 0 Å². The number of nitrogens with zero attached hydrogens (tertiary/aromatic N) is 2. The van der Waals surface area contributed by atoms with E-state index in [9.17, 15) is 9.59 Å². The number of hydrogen-bond donors (Lipinski definition) is 1. The molecule has 1 fully saturated rings. The van der Waals surface area contributed by atoms with E-state index in [0.29, 0.717) is 18.8 Å². The molecule has 0 aliphatic carbocycles. The van der Waals surface area contributed by atoms with E-state index in [0.717, 1.165) is 16.1 Å². The van der Waals surface area contributed by atoms with Gasteiger partial charge in [-0.15, -0.1) is 5.01 Å². The molecule has 1 aliphatic heterocycles. The van der Waals surface area contributed by atoms with Crippen LogP contribution in [0.4, 0.5) is 4.79 Å². The van der Waals surface area contributed by atoms with E-state index in [1.54, 1.807) is 6.92 Å². The minimum atomic E-state index is -0.894. The summed E-state index contributed by atoms with van der Waals surface area (Å²) in [7, 11) is 0. The fraction of sp³-hybridized carbons (Fsp3) is 0.250. The molecule has 1 unspecified atom stereocenters. The third-order valence-electron chi connectivity index (χ3n) is 4.38. The minimum absolute atomic E-state index is 0.349. The van der Waals surface area contributed by atoms with Crippen molar-refractivity contribution in [1.29, 1.82) is 0 Å². The summed E-state index contributed by atoms with van der Waals surface area (Å²) in [4.78, 5) is 24.3. The Labute approximate surface area is 152 Å². The summed E-state index contributed by atoms with van der Waals surface area (Å²) in [6.07, 6.45) is 1.99. The smallest absolute Gasteiger partial charge is 0.346 e. The standard InChI is InChI=1S/C20H21N3O3/c1-3-20(2)18(24)23(19(25)22-20)21-13-16-10-7-11-17(12-16)26-14-15-8-5-4-6-9-15/h4-13H,3,14H2,1-2H3,(H,22,25). The van der Waals surface area contributed by atoms with Crippen LogP contribution < -0.4 is 10.1 Å². The molecule has 0 bridgehead atoms. The van der Waals surface area contributed by atoms with Gasteiger partial charge in [0.2, 0.25) is 0 Å². The molecule has 0 aromatic heterocycles. The van der Waals surface area contributed by atoms with E-state index in [-0.39, 0.29) is 5.91 Å². The molecule has 1 heterocycles. The van der Waals surface area contributed by atoms with Crippen LogP contribution in [-0.4, -0.2) is 28.7 Å². The van der Waals surface area contributed by atoms with Gasteiger partial charge in [0.15, 0.2) is 0 Å². The molecular weight excluding hydrogens is 330 g/mol. The third-order valence-corrected chi connectivity index (χ3v) is 4.38. The Morgan fingerprint density at radius 2 is 1.92 bits per heavy atom. The van der Waals surface area contributed by atoms with E-state index in [2.05, 4.69) is 10.4 Å². The van der Waals surface area contributed by atoms with Crippen LogP contribution in [0.25, 0.3) is 0 Å². The second kappa shape index (κ2) is 7.39. The fourth-order valence-corrected chi connectivity index (χ4v) is 2.56. The number of nitrogens with one attached hydrogen (secondary N) is 1. The molecular formula is C20H21N3O3. The number of rotatable bonds is 6. The number of imide groups is 1. The minimum Gasteiger partial charge on any atom is -0.489 e. The zero-order valence-corrected chi connectivity index (χ0v) is 14.8. The van der Waals surface area contributed by atoms with Gasteiger partial charge in [0.05, 0.1) is 6.21 Å². The van der Waals surface area contributed by atoms with Crippen LogP contribution in [0.3, 0.4) is 0 Å². The number of carbonyl (C=O) groups is 2. The number of urea groups is 1. The van der Waals surface area contributed by atoms with E-state index >= 15 is 0 Å². The Balaban J connectivity index is 1.68. The fourth-order valence-electron chi connectivity index (χ4n) is 2.56. The normalized spacial score (nSPS) is 19.8. The van der Waals surface area contributed by atoms with Crippen LogP contribution >= 0.6 is 0 Å². The highest BCUT2D eigenvalue weighted by atomic mass is 16.5. The van der Waals surface area contributed by atoms with Crippen LogP contribution in [0.1, 0.15) is 31.4 Å². The van der Waals surface area contributed by atoms with Crippen LogP contribution in [-0.2, 0) is 11.4 Å². The highest BCUT2D eigenvalue weighted by Gasteiger charge is 2.46. The van der Waals surface area contributed by atoms with Gasteiger partial charge in [0.25, 0.3) is 5.91 Å². The highest BCUT2D eigenvalue weighted by Crippen LogP contribution is 2.21. The van der Waals surface area contributed by atoms with Crippen LogP contribution in [0.15, 0.2) is 59.7 Å². The maximum atomic E-state index is 12.3. The summed E-state index contributed by atoms with van der Waals surface area (Å²) in [5, 5.41) is 7.59. The molecule has 1 atom stereocenters. The van der Waals surface area contributed by atoms with Crippen molar-refractivity contribution in [2.45, 2.75) is 32.4 Å². The molecule has 1 aliphatic rings. The summed E-state index contributed by atoms with van der Waals surface area (Å²) in [6, 6.07) is 16.7. The second-order valence-corrected chi connectivity index (χ2v) is 6.32. The molecule has 1 N–H and O–H groups in total. The number of hydrazone groups is 1. The van der Waals surface area contributed by atoms with E-state index in [1.165, 1.54) is 6.21 Å². The van der Waals surface area contributed by atoms with Crippen molar-refractivity contribution >= 4 is 18.2 Å². The summed E-state index contributed by atoms with van der Waals surface area (Å²) in [6.45, 7) is 4.00. The maximum Gasteiger partial charge on any atom is 0.346 e. The van der Waals surface area contributed by atoms with Gasteiger partial charge in [-0.2, -0.15) is 5.10 Å². The lowest BCUT2D eigenvalue weighted by Crippen LogP contribution is -2.42. The SMILES string of the molecule is CCC1(C)NC(=O)N(N=Cc2cccc(OCc3ccccc3)c2)C1=O. The molecule has 2 aromatic carbocycles. The number of ether oxygens (including phenoxy) is 1. The van der Waals surface area contributed by atoms with Crippen molar-refractivity contribution < 1.29 is 14.3 Å². The molecule has 2 aromatic rings. The van der Waals surface area contributed by atoms with Gasteiger partial charge in [0, 0.05) is 0 Å². The molecule has 6 heteroatoms. The molecule has 0 saturated carbocycles. The van der Waals surface area contributed by atoms with Crippen molar-refractivity contribution in [3.05, 3.63) is 65.7 Å². The predicted octanol–water partition coefficient (Wildman–Crippen LogP) is 3.32. The molecule has 26 heavy (non-hydrogen) atoms. The van der Waals surface area contributed by atoms with Crippen LogP contribution in [0, 0.1) is 0 Å². The van der Waals surface area contributed by atoms with Crippen molar-refractivity contribution in [1.82, 2.24) is 10.3 Å². The van der Waals surface area contributed by atoms with E-state index in [1.807, 2.05) is 61.5 Å². The third kappa shape index (κ3) is 3.74. The number of benzene rings is 2. The van der Waals surface area contributed by atoms with Crippen molar-refractivity contribution in [3.8, 4) is 5.75 Å². The first-order chi connectivity index (χ1) is 12.5. The summed E-state index contributed by atoms with van der Waals surface area (Å²) >= 11 is 0. The Hall–Kier alpha value is -3.15. The second-order valence-electron chi connectivity index (χ2n) is 6.32. The molecule has 3 amide bonds. The highest BCUT2D eigenvalue weighted by molar-refractivity contribution is 6.07. The van der Waals surface area contributed by atoms with Gasteiger partial charge in [-0.1, -0.05) is 49.4 Å². The summed E-state index contributed by atoms with van der Waals surface area (Å²) in [5.74, 6) is 0.339. The first kappa shape index (κ1) is 17.7. The zero-order chi connectivity index (χ0) is 18.6. The van der Waals surface area contributed by atoms with Gasteiger partial charge in [-0.05, 0) is 36.6 Å². The van der Waals surface area contributed by atoms with E-state index < -0.39 is 11.6 Å². The molecule has 3 rings (SSSR count). The van der Waals surface area contributed by atoms with Crippen molar-refractivity contribution in [2.24, 2.45) is 5.10 Å². The van der Waals surface area contributed by atoms with Gasteiger partial charge in [0.1, 0.15) is 17.9 Å². The lowest BCUT2D eigenvalue weighted by molar-refractivity contribution is -0.130. The van der Waals surface area contributed by atoms with E-state index in [4.69, 9.17) is 4.74 Å². The molecule has 6 nitrogen and oxygen atoms in total. The number of hydrogen-bond acceptors (Lipinski definition) is 4. The Bertz CT molecular complexity index is 835. The Morgan fingerprint density at radius 3 is 2.62 bits per heavy atom. The summed E-state index contributed by atoms with van der Waals surface area (Å²) < 4.78 is 5.78. The molecule has 1 saturated heterocycles. The zero-order valence-electron chi connectivity index (χ0n) is 14.8. The first-order valence-electron chi connectivity index (χ1n) is 8.49. The monoisotopic (exact) mass is 351 g/mol. The lowest BCUT2D eigenvalue weighted by Gasteiger charge is -2.17. The number of amides is 3. The van der Waals surface area contributed by atoms with Gasteiger partial charge in [-0.3, -0.25) is 4.79 Å². The van der Waals surface area contributed by atoms with Crippen molar-refractivity contribution in [2.75, 3.05) is 0 Å². The Morgan fingerprint density at radius 1 is 1.15 bits per heavy atom. The molecule has 134 valence electrons. The quantitative estimate of drug-likeness (QED) is 0.641. The first-order valence-corrected chi connectivity index (χ1v) is 8.49. The largest absolute Gasteiger partial charge is 0.489 e. The van der Waals surface area contributed by atoms with Gasteiger partial charge < -0.3 is 10.1 Å². The topological polar surface area (TPSA) is 71.0 Å². The maximum absolute atomic E-state index is 12.3. The predicted molar refractivity (Wildman–Crippen MR) is 98.9 cm³/mol.